The lowest BCUT2D eigenvalue weighted by atomic mass is 10.1. The highest BCUT2D eigenvalue weighted by atomic mass is 35.5. The molecule has 1 N–H and O–H groups in total. The molecule has 0 spiro atoms. The molecule has 1 aliphatic heterocycles. The van der Waals surface area contributed by atoms with Gasteiger partial charge in [-0.15, -0.1) is 0 Å². The van der Waals surface area contributed by atoms with E-state index in [9.17, 15) is 9.59 Å². The molecule has 0 aliphatic carbocycles. The van der Waals surface area contributed by atoms with E-state index < -0.39 is 0 Å². The lowest BCUT2D eigenvalue weighted by Crippen LogP contribution is -2.39. The van der Waals surface area contributed by atoms with E-state index in [-0.39, 0.29) is 23.8 Å². The minimum Gasteiger partial charge on any atom is -0.377 e. The van der Waals surface area contributed by atoms with Crippen LogP contribution in [0.25, 0.3) is 0 Å². The fourth-order valence-corrected chi connectivity index (χ4v) is 4.13. The minimum atomic E-state index is -0.270. The lowest BCUT2D eigenvalue weighted by molar-refractivity contribution is -0.136. The summed E-state index contributed by atoms with van der Waals surface area (Å²) >= 11 is 6.17. The maximum atomic E-state index is 13.0. The highest BCUT2D eigenvalue weighted by Crippen LogP contribution is 2.27. The second-order valence-electron chi connectivity index (χ2n) is 8.68. The van der Waals surface area contributed by atoms with Crippen molar-refractivity contribution in [2.24, 2.45) is 5.92 Å². The van der Waals surface area contributed by atoms with Gasteiger partial charge in [-0.05, 0) is 48.7 Å². The van der Waals surface area contributed by atoms with Crippen molar-refractivity contribution in [3.63, 3.8) is 0 Å². The summed E-state index contributed by atoms with van der Waals surface area (Å²) in [6.07, 6.45) is 2.07. The number of ether oxygens (including phenoxy) is 1. The Hall–Kier alpha value is -2.57. The first-order valence-electron chi connectivity index (χ1n) is 11.0. The van der Waals surface area contributed by atoms with E-state index in [1.165, 1.54) is 0 Å². The number of halogens is 1. The molecule has 2 aromatic rings. The number of carbonyl (C=O) groups excluding carboxylic acids is 2. The predicted octanol–water partition coefficient (Wildman–Crippen LogP) is 4.82. The molecule has 1 fully saturated rings. The molecule has 2 amide bonds. The molecule has 1 heterocycles. The van der Waals surface area contributed by atoms with Crippen LogP contribution in [-0.2, 0) is 16.1 Å². The van der Waals surface area contributed by atoms with Gasteiger partial charge in [-0.2, -0.15) is 0 Å². The molecule has 1 aliphatic rings. The summed E-state index contributed by atoms with van der Waals surface area (Å²) in [6.45, 7) is 5.59. The van der Waals surface area contributed by atoms with Crippen molar-refractivity contribution >= 4 is 34.8 Å². The third-order valence-corrected chi connectivity index (χ3v) is 5.88. The van der Waals surface area contributed by atoms with E-state index in [2.05, 4.69) is 5.32 Å². The topological polar surface area (TPSA) is 61.9 Å². The van der Waals surface area contributed by atoms with Gasteiger partial charge in [0.1, 0.15) is 0 Å². The van der Waals surface area contributed by atoms with Gasteiger partial charge in [0.15, 0.2) is 0 Å². The van der Waals surface area contributed by atoms with Crippen LogP contribution >= 0.6 is 11.6 Å². The Kier molecular flexibility index (Phi) is 8.15. The number of anilines is 2. The number of rotatable bonds is 8. The maximum Gasteiger partial charge on any atom is 0.257 e. The Labute approximate surface area is 195 Å². The molecule has 6 nitrogen and oxygen atoms in total. The zero-order valence-corrected chi connectivity index (χ0v) is 20.0. The van der Waals surface area contributed by atoms with Gasteiger partial charge in [-0.25, -0.2) is 0 Å². The van der Waals surface area contributed by atoms with Crippen molar-refractivity contribution in [1.29, 1.82) is 0 Å². The van der Waals surface area contributed by atoms with Gasteiger partial charge in [-0.1, -0.05) is 37.6 Å². The predicted molar refractivity (Wildman–Crippen MR) is 129 cm³/mol. The first-order valence-corrected chi connectivity index (χ1v) is 11.4. The average Bonchev–Trinajstić information content (AvgIpc) is 3.26. The Morgan fingerprint density at radius 2 is 1.94 bits per heavy atom. The SMILES string of the molecule is CC(C)C(=O)N(Cc1cc(NC(=O)c2ccccc2Cl)ccc1N(C)C)C[C@H]1CCCO1. The number of hydrogen-bond acceptors (Lipinski definition) is 4. The van der Waals surface area contributed by atoms with Crippen LogP contribution in [-0.4, -0.2) is 50.1 Å². The number of nitrogens with zero attached hydrogens (tertiary/aromatic N) is 2. The van der Waals surface area contributed by atoms with Crippen LogP contribution < -0.4 is 10.2 Å². The van der Waals surface area contributed by atoms with E-state index in [1.807, 2.05) is 55.9 Å². The van der Waals surface area contributed by atoms with Crippen molar-refractivity contribution in [2.75, 3.05) is 37.5 Å². The smallest absolute Gasteiger partial charge is 0.257 e. The molecule has 7 heteroatoms. The van der Waals surface area contributed by atoms with E-state index in [0.29, 0.717) is 29.4 Å². The lowest BCUT2D eigenvalue weighted by Gasteiger charge is -2.29. The van der Waals surface area contributed by atoms with E-state index in [4.69, 9.17) is 16.3 Å². The van der Waals surface area contributed by atoms with Gasteiger partial charge in [0.25, 0.3) is 5.91 Å². The summed E-state index contributed by atoms with van der Waals surface area (Å²) in [5.41, 5.74) is 3.03. The molecule has 1 atom stereocenters. The van der Waals surface area contributed by atoms with E-state index >= 15 is 0 Å². The van der Waals surface area contributed by atoms with Crippen molar-refractivity contribution < 1.29 is 14.3 Å². The summed E-state index contributed by atoms with van der Waals surface area (Å²) in [6, 6.07) is 12.7. The number of hydrogen-bond donors (Lipinski definition) is 1. The van der Waals surface area contributed by atoms with E-state index in [1.54, 1.807) is 24.3 Å². The molecule has 32 heavy (non-hydrogen) atoms. The van der Waals surface area contributed by atoms with Crippen LogP contribution in [0.4, 0.5) is 11.4 Å². The van der Waals surface area contributed by atoms with Gasteiger partial charge in [0, 0.05) is 51.1 Å². The largest absolute Gasteiger partial charge is 0.377 e. The molecule has 0 radical (unpaired) electrons. The zero-order valence-electron chi connectivity index (χ0n) is 19.2. The monoisotopic (exact) mass is 457 g/mol. The normalized spacial score (nSPS) is 15.6. The molecule has 0 aromatic heterocycles. The fraction of sp³-hybridized carbons (Fsp3) is 0.440. The first kappa shape index (κ1) is 24.1. The summed E-state index contributed by atoms with van der Waals surface area (Å²) < 4.78 is 5.79. The van der Waals surface area contributed by atoms with Crippen LogP contribution in [0.2, 0.25) is 5.02 Å². The van der Waals surface area contributed by atoms with Crippen LogP contribution in [0.1, 0.15) is 42.6 Å². The standard InChI is InChI=1S/C25H32ClN3O3/c1-17(2)25(31)29(16-20-8-7-13-32-20)15-18-14-19(11-12-23(18)28(3)4)27-24(30)21-9-5-6-10-22(21)26/h5-6,9-12,14,17,20H,7-8,13,15-16H2,1-4H3,(H,27,30)/t20-/m1/s1. The quantitative estimate of drug-likeness (QED) is 0.617. The summed E-state index contributed by atoms with van der Waals surface area (Å²) in [5, 5.41) is 3.34. The van der Waals surface area contributed by atoms with Gasteiger partial charge in [0.05, 0.1) is 16.7 Å². The molecule has 0 bridgehead atoms. The molecule has 0 unspecified atom stereocenters. The van der Waals surface area contributed by atoms with Crippen molar-refractivity contribution in [1.82, 2.24) is 4.90 Å². The Morgan fingerprint density at radius 1 is 1.19 bits per heavy atom. The fourth-order valence-electron chi connectivity index (χ4n) is 3.91. The van der Waals surface area contributed by atoms with Gasteiger partial charge in [0.2, 0.25) is 5.91 Å². The summed E-state index contributed by atoms with van der Waals surface area (Å²) in [7, 11) is 3.94. The Morgan fingerprint density at radius 3 is 2.56 bits per heavy atom. The highest BCUT2D eigenvalue weighted by Gasteiger charge is 2.25. The molecule has 2 aromatic carbocycles. The van der Waals surface area contributed by atoms with Crippen LogP contribution in [0.5, 0.6) is 0 Å². The minimum absolute atomic E-state index is 0.0728. The maximum absolute atomic E-state index is 13.0. The second-order valence-corrected chi connectivity index (χ2v) is 9.09. The number of carbonyl (C=O) groups is 2. The third-order valence-electron chi connectivity index (χ3n) is 5.55. The van der Waals surface area contributed by atoms with E-state index in [0.717, 1.165) is 30.7 Å². The van der Waals surface area contributed by atoms with Crippen molar-refractivity contribution in [3.8, 4) is 0 Å². The van der Waals surface area contributed by atoms with Crippen LogP contribution in [0.15, 0.2) is 42.5 Å². The second kappa shape index (κ2) is 10.8. The Bertz CT molecular complexity index is 955. The van der Waals surface area contributed by atoms with Gasteiger partial charge in [-0.3, -0.25) is 9.59 Å². The summed E-state index contributed by atoms with van der Waals surface area (Å²) in [4.78, 5) is 29.6. The molecule has 1 saturated heterocycles. The van der Waals surface area contributed by atoms with Crippen LogP contribution in [0, 0.1) is 5.92 Å². The third kappa shape index (κ3) is 6.02. The van der Waals surface area contributed by atoms with Gasteiger partial charge < -0.3 is 19.9 Å². The van der Waals surface area contributed by atoms with Crippen molar-refractivity contribution in [2.45, 2.75) is 39.3 Å². The highest BCUT2D eigenvalue weighted by molar-refractivity contribution is 6.34. The Balaban J connectivity index is 1.86. The number of benzene rings is 2. The molecular weight excluding hydrogens is 426 g/mol. The van der Waals surface area contributed by atoms with Gasteiger partial charge >= 0.3 is 0 Å². The number of amides is 2. The molecule has 172 valence electrons. The summed E-state index contributed by atoms with van der Waals surface area (Å²) in [5.74, 6) is -0.286. The molecular formula is C25H32ClN3O3. The first-order chi connectivity index (χ1) is 15.3. The average molecular weight is 458 g/mol. The number of nitrogens with one attached hydrogen (secondary N) is 1. The molecule has 3 rings (SSSR count). The zero-order chi connectivity index (χ0) is 23.3. The molecule has 0 saturated carbocycles. The van der Waals surface area contributed by atoms with Crippen LogP contribution in [0.3, 0.4) is 0 Å². The van der Waals surface area contributed by atoms with Crippen molar-refractivity contribution in [3.05, 3.63) is 58.6 Å².